The van der Waals surface area contributed by atoms with Crippen molar-refractivity contribution in [2.24, 2.45) is 0 Å². The number of hydrogen-bond donors (Lipinski definition) is 0. The summed E-state index contributed by atoms with van der Waals surface area (Å²) in [6, 6.07) is 50.5. The molecule has 218 valence electrons. The van der Waals surface area contributed by atoms with Crippen molar-refractivity contribution in [3.05, 3.63) is 158 Å². The second-order valence-electron chi connectivity index (χ2n) is 11.5. The maximum Gasteiger partial charge on any atom is 0.171 e. The topological polar surface area (TPSA) is 30.0 Å². The predicted molar refractivity (Wildman–Crippen MR) is 200 cm³/mol. The Labute approximate surface area is 274 Å². The number of rotatable bonds is 5. The number of pyridine rings is 1. The lowest BCUT2D eigenvalue weighted by Crippen LogP contribution is -2.25. The molecule has 0 saturated carbocycles. The third-order valence-electron chi connectivity index (χ3n) is 8.86. The molecule has 0 atom stereocenters. The zero-order valence-corrected chi connectivity index (χ0v) is 27.2. The van der Waals surface area contributed by atoms with E-state index in [9.17, 15) is 0 Å². The van der Waals surface area contributed by atoms with E-state index in [4.69, 9.17) is 0 Å². The molecule has 5 heteroatoms. The zero-order valence-electron chi connectivity index (χ0n) is 24.6. The molecule has 3 heterocycles. The van der Waals surface area contributed by atoms with Crippen LogP contribution >= 0.6 is 29.8 Å². The number of nitrogens with zero attached hydrogens (tertiary/aromatic N) is 1. The van der Waals surface area contributed by atoms with Crippen molar-refractivity contribution in [1.82, 2.24) is 4.98 Å². The Morgan fingerprint density at radius 3 is 1.46 bits per heavy atom. The van der Waals surface area contributed by atoms with Crippen molar-refractivity contribution in [1.29, 1.82) is 0 Å². The summed E-state index contributed by atoms with van der Waals surface area (Å²) in [6.45, 7) is 0. The molecule has 3 aromatic heterocycles. The summed E-state index contributed by atoms with van der Waals surface area (Å²) in [5.74, 6) is 0. The summed E-state index contributed by atoms with van der Waals surface area (Å²) in [7, 11) is -3.07. The number of hydrogen-bond acceptors (Lipinski definition) is 4. The molecule has 9 rings (SSSR count). The highest BCUT2D eigenvalue weighted by Crippen LogP contribution is 2.44. The first-order chi connectivity index (χ1) is 22.6. The van der Waals surface area contributed by atoms with Crippen molar-refractivity contribution in [2.75, 3.05) is 0 Å². The Bertz CT molecular complexity index is 2580. The van der Waals surface area contributed by atoms with Crippen LogP contribution < -0.4 is 15.9 Å². The Balaban J connectivity index is 1.16. The van der Waals surface area contributed by atoms with Crippen LogP contribution in [0.2, 0.25) is 0 Å². The molecule has 0 saturated heterocycles. The minimum absolute atomic E-state index is 0.840. The summed E-state index contributed by atoms with van der Waals surface area (Å²) in [5.41, 5.74) is 4.60. The fraction of sp³-hybridized carbons (Fsp3) is 0. The Morgan fingerprint density at radius 2 is 0.891 bits per heavy atom. The van der Waals surface area contributed by atoms with Gasteiger partial charge in [-0.15, -0.1) is 22.7 Å². The van der Waals surface area contributed by atoms with Gasteiger partial charge in [0.05, 0.1) is 4.70 Å². The molecule has 2 nitrogen and oxygen atoms in total. The first kappa shape index (κ1) is 27.5. The van der Waals surface area contributed by atoms with Gasteiger partial charge in [-0.05, 0) is 70.8 Å². The van der Waals surface area contributed by atoms with Crippen molar-refractivity contribution in [3.8, 4) is 22.3 Å². The first-order valence-corrected chi connectivity index (χ1v) is 18.5. The first-order valence-electron chi connectivity index (χ1n) is 15.2. The summed E-state index contributed by atoms with van der Waals surface area (Å²) >= 11 is 3.62. The van der Waals surface area contributed by atoms with Crippen molar-refractivity contribution < 1.29 is 4.57 Å². The van der Waals surface area contributed by atoms with E-state index in [1.54, 1.807) is 11.3 Å². The number of benzene rings is 6. The van der Waals surface area contributed by atoms with Crippen molar-refractivity contribution in [2.45, 2.75) is 0 Å². The van der Waals surface area contributed by atoms with E-state index in [0.717, 1.165) is 27.0 Å². The molecular weight excluding hydrogens is 618 g/mol. The molecule has 0 N–H and O–H groups in total. The normalized spacial score (nSPS) is 12.0. The third-order valence-corrected chi connectivity index (χ3v) is 14.2. The van der Waals surface area contributed by atoms with Gasteiger partial charge in [0, 0.05) is 64.0 Å². The zero-order chi connectivity index (χ0) is 30.7. The molecular formula is C41H26NOPS2. The van der Waals surface area contributed by atoms with E-state index >= 15 is 4.57 Å². The molecule has 0 unspecified atom stereocenters. The summed E-state index contributed by atoms with van der Waals surface area (Å²) in [6.07, 6.45) is 3.83. The van der Waals surface area contributed by atoms with Crippen LogP contribution in [-0.4, -0.2) is 4.98 Å². The quantitative estimate of drug-likeness (QED) is 0.175. The second kappa shape index (κ2) is 10.9. The minimum atomic E-state index is -3.07. The molecule has 0 spiro atoms. The smallest absolute Gasteiger partial charge is 0.171 e. The SMILES string of the molecule is O=P(c1ccccc1)(c1ccccc1)c1cccc(-c2ccc3sc4ccc(-c5ccc6sc7cnccc7c6c5)cc4c3c2)c1. The highest BCUT2D eigenvalue weighted by molar-refractivity contribution is 7.85. The summed E-state index contributed by atoms with van der Waals surface area (Å²) < 4.78 is 20.1. The average Bonchev–Trinajstić information content (AvgIpc) is 3.69. The molecule has 0 bridgehead atoms. The lowest BCUT2D eigenvalue weighted by Gasteiger charge is -2.20. The fourth-order valence-electron chi connectivity index (χ4n) is 6.55. The Hall–Kier alpha value is -4.86. The van der Waals surface area contributed by atoms with Crippen LogP contribution in [0.15, 0.2) is 158 Å². The van der Waals surface area contributed by atoms with Crippen LogP contribution in [0.25, 0.3) is 62.6 Å². The fourth-order valence-corrected chi connectivity index (χ4v) is 11.4. The van der Waals surface area contributed by atoms with E-state index in [-0.39, 0.29) is 0 Å². The molecule has 0 fully saturated rings. The van der Waals surface area contributed by atoms with E-state index < -0.39 is 7.14 Å². The molecule has 9 aromatic rings. The Morgan fingerprint density at radius 1 is 0.413 bits per heavy atom. The van der Waals surface area contributed by atoms with Crippen LogP contribution in [0.4, 0.5) is 0 Å². The van der Waals surface area contributed by atoms with Gasteiger partial charge < -0.3 is 4.57 Å². The summed E-state index contributed by atoms with van der Waals surface area (Å²) in [4.78, 5) is 4.32. The van der Waals surface area contributed by atoms with Gasteiger partial charge in [0.15, 0.2) is 7.14 Å². The molecule has 0 aliphatic carbocycles. The number of aromatic nitrogens is 1. The van der Waals surface area contributed by atoms with E-state index in [1.165, 1.54) is 51.5 Å². The largest absolute Gasteiger partial charge is 0.309 e. The summed E-state index contributed by atoms with van der Waals surface area (Å²) in [5, 5.41) is 7.56. The van der Waals surface area contributed by atoms with Crippen molar-refractivity contribution in [3.63, 3.8) is 0 Å². The van der Waals surface area contributed by atoms with Gasteiger partial charge in [0.2, 0.25) is 0 Å². The minimum Gasteiger partial charge on any atom is -0.309 e. The van der Waals surface area contributed by atoms with Gasteiger partial charge in [-0.25, -0.2) is 0 Å². The lowest BCUT2D eigenvalue weighted by atomic mass is 9.99. The maximum absolute atomic E-state index is 15.1. The molecule has 0 amide bonds. The van der Waals surface area contributed by atoms with E-state index in [2.05, 4.69) is 77.8 Å². The van der Waals surface area contributed by atoms with Crippen LogP contribution in [0, 0.1) is 0 Å². The monoisotopic (exact) mass is 643 g/mol. The van der Waals surface area contributed by atoms with Crippen LogP contribution in [0.3, 0.4) is 0 Å². The van der Waals surface area contributed by atoms with E-state index in [0.29, 0.717) is 0 Å². The van der Waals surface area contributed by atoms with Crippen LogP contribution in [0.1, 0.15) is 0 Å². The highest BCUT2D eigenvalue weighted by atomic mass is 32.1. The predicted octanol–water partition coefficient (Wildman–Crippen LogP) is 10.8. The molecule has 46 heavy (non-hydrogen) atoms. The molecule has 0 aliphatic heterocycles. The van der Waals surface area contributed by atoms with Crippen LogP contribution in [-0.2, 0) is 4.57 Å². The lowest BCUT2D eigenvalue weighted by molar-refractivity contribution is 0.592. The van der Waals surface area contributed by atoms with E-state index in [1.807, 2.05) is 96.5 Å². The molecule has 0 radical (unpaired) electrons. The number of thiophene rings is 2. The van der Waals surface area contributed by atoms with Gasteiger partial charge in [-0.1, -0.05) is 97.1 Å². The third kappa shape index (κ3) is 4.45. The van der Waals surface area contributed by atoms with Gasteiger partial charge in [0.25, 0.3) is 0 Å². The van der Waals surface area contributed by atoms with Crippen LogP contribution in [0.5, 0.6) is 0 Å². The maximum atomic E-state index is 15.1. The molecule has 0 aliphatic rings. The van der Waals surface area contributed by atoms with Gasteiger partial charge >= 0.3 is 0 Å². The average molecular weight is 644 g/mol. The Kier molecular flexibility index (Phi) is 6.50. The van der Waals surface area contributed by atoms with Gasteiger partial charge in [-0.3, -0.25) is 4.98 Å². The second-order valence-corrected chi connectivity index (χ2v) is 16.5. The number of fused-ring (bicyclic) bond motifs is 6. The van der Waals surface area contributed by atoms with Gasteiger partial charge in [0.1, 0.15) is 0 Å². The molecule has 6 aromatic carbocycles. The highest BCUT2D eigenvalue weighted by Gasteiger charge is 2.29. The van der Waals surface area contributed by atoms with Crippen molar-refractivity contribution >= 4 is 86.1 Å². The van der Waals surface area contributed by atoms with Gasteiger partial charge in [-0.2, -0.15) is 0 Å². The standard InChI is InChI=1S/C41H26NOPS2/c43-44(31-9-3-1-4-10-31,32-11-5-2-6-12-32)33-13-7-8-27(22-33)28-14-18-39-36(24-28)37-25-30(16-19-40(37)45-39)29-15-17-38-35(23-29)34-20-21-42-26-41(34)46-38/h1-26H.